The summed E-state index contributed by atoms with van der Waals surface area (Å²) in [6, 6.07) is 7.98. The van der Waals surface area contributed by atoms with Crippen LogP contribution in [0.3, 0.4) is 0 Å². The Morgan fingerprint density at radius 2 is 2.00 bits per heavy atom. The Labute approximate surface area is 48.0 Å². The van der Waals surface area contributed by atoms with Crippen LogP contribution < -0.4 is 0 Å². The second-order valence-electron chi connectivity index (χ2n) is 1.61. The first-order chi connectivity index (χ1) is 3.80. The van der Waals surface area contributed by atoms with Gasteiger partial charge >= 0.3 is 0 Å². The van der Waals surface area contributed by atoms with Gasteiger partial charge in [0.05, 0.1) is 0 Å². The van der Waals surface area contributed by atoms with Crippen LogP contribution in [-0.2, 0) is 0 Å². The standard InChI is InChI=1S/C7H5F/c1-6-4-2-3-5-7(6)8/h4-5H,1H3. The van der Waals surface area contributed by atoms with Gasteiger partial charge in [-0.2, -0.15) is 0 Å². The number of hydrogen-bond acceptors (Lipinski definition) is 0. The van der Waals surface area contributed by atoms with Crippen molar-refractivity contribution in [1.29, 1.82) is 0 Å². The average Bonchev–Trinajstić information content (AvgIpc) is 1.77. The van der Waals surface area contributed by atoms with Crippen molar-refractivity contribution in [3.8, 4) is 0 Å². The van der Waals surface area contributed by atoms with Gasteiger partial charge in [0.15, 0.2) is 0 Å². The summed E-state index contributed by atoms with van der Waals surface area (Å²) in [5.74, 6) is -0.219. The first kappa shape index (κ1) is 5.11. The maximum Gasteiger partial charge on any atom is 0.135 e. The van der Waals surface area contributed by atoms with Gasteiger partial charge in [0.25, 0.3) is 0 Å². The largest absolute Gasteiger partial charge is 0.206 e. The summed E-state index contributed by atoms with van der Waals surface area (Å²) in [6.45, 7) is 1.69. The molecule has 0 saturated carbocycles. The predicted octanol–water partition coefficient (Wildman–Crippen LogP) is 1.73. The lowest BCUT2D eigenvalue weighted by molar-refractivity contribution is 0.619. The van der Waals surface area contributed by atoms with Crippen LogP contribution in [0.15, 0.2) is 12.1 Å². The maximum atomic E-state index is 12.3. The molecular weight excluding hydrogens is 103 g/mol. The minimum atomic E-state index is -0.219. The molecule has 0 atom stereocenters. The number of hydrogen-bond donors (Lipinski definition) is 0. The Morgan fingerprint density at radius 3 is 2.38 bits per heavy atom. The first-order valence-corrected chi connectivity index (χ1v) is 2.34. The van der Waals surface area contributed by atoms with E-state index in [4.69, 9.17) is 0 Å². The van der Waals surface area contributed by atoms with E-state index in [1.165, 1.54) is 6.07 Å². The fraction of sp³-hybridized carbons (Fsp3) is 0.143. The highest BCUT2D eigenvalue weighted by molar-refractivity contribution is 5.09. The molecular formula is C7H5F. The van der Waals surface area contributed by atoms with E-state index in [1.807, 2.05) is 0 Å². The summed E-state index contributed by atoms with van der Waals surface area (Å²) in [4.78, 5) is 0. The molecule has 8 heavy (non-hydrogen) atoms. The van der Waals surface area contributed by atoms with Crippen molar-refractivity contribution < 1.29 is 4.39 Å². The SMILES string of the molecule is Cc1cc#ccc1F. The van der Waals surface area contributed by atoms with Crippen LogP contribution in [0.2, 0.25) is 0 Å². The van der Waals surface area contributed by atoms with Gasteiger partial charge in [0.1, 0.15) is 5.82 Å². The predicted molar refractivity (Wildman–Crippen MR) is 28.8 cm³/mol. The molecule has 0 unspecified atom stereocenters. The molecule has 0 amide bonds. The number of rotatable bonds is 0. The lowest BCUT2D eigenvalue weighted by atomic mass is 10.3. The van der Waals surface area contributed by atoms with Crippen LogP contribution in [0.1, 0.15) is 5.56 Å². The molecule has 0 aromatic heterocycles. The summed E-state index contributed by atoms with van der Waals surface area (Å²) in [6.07, 6.45) is 0. The summed E-state index contributed by atoms with van der Waals surface area (Å²) in [7, 11) is 0. The molecule has 1 rings (SSSR count). The van der Waals surface area contributed by atoms with Crippen molar-refractivity contribution in [2.24, 2.45) is 0 Å². The zero-order chi connectivity index (χ0) is 5.98. The third-order valence-corrected chi connectivity index (χ3v) is 0.948. The zero-order valence-corrected chi connectivity index (χ0v) is 4.53. The third-order valence-electron chi connectivity index (χ3n) is 0.948. The van der Waals surface area contributed by atoms with Crippen molar-refractivity contribution in [3.63, 3.8) is 0 Å². The second kappa shape index (κ2) is 1.83. The van der Waals surface area contributed by atoms with Crippen LogP contribution in [-0.4, -0.2) is 0 Å². The highest BCUT2D eigenvalue weighted by Crippen LogP contribution is 1.98. The molecule has 0 saturated heterocycles. The lowest BCUT2D eigenvalue weighted by Gasteiger charge is -1.85. The normalized spacial score (nSPS) is 8.25. The molecule has 0 spiro atoms. The molecule has 1 aromatic rings. The van der Waals surface area contributed by atoms with Crippen LogP contribution in [0.5, 0.6) is 0 Å². The Bertz CT molecular complexity index is 160. The molecule has 1 aromatic carbocycles. The molecule has 0 heterocycles. The van der Waals surface area contributed by atoms with Gasteiger partial charge in [-0.3, -0.25) is 0 Å². The zero-order valence-electron chi connectivity index (χ0n) is 4.53. The van der Waals surface area contributed by atoms with E-state index in [1.54, 1.807) is 13.0 Å². The van der Waals surface area contributed by atoms with E-state index in [2.05, 4.69) is 12.1 Å². The lowest BCUT2D eigenvalue weighted by Crippen LogP contribution is -1.74. The molecule has 0 N–H and O–H groups in total. The fourth-order valence-corrected chi connectivity index (χ4v) is 0.438. The van der Waals surface area contributed by atoms with Crippen molar-refractivity contribution in [1.82, 2.24) is 0 Å². The number of aryl methyl sites for hydroxylation is 1. The first-order valence-electron chi connectivity index (χ1n) is 2.34. The van der Waals surface area contributed by atoms with Crippen molar-refractivity contribution in [2.45, 2.75) is 6.92 Å². The Balaban J connectivity index is 3.13. The van der Waals surface area contributed by atoms with Crippen LogP contribution >= 0.6 is 0 Å². The van der Waals surface area contributed by atoms with Crippen molar-refractivity contribution in [2.75, 3.05) is 0 Å². The van der Waals surface area contributed by atoms with Gasteiger partial charge in [-0.15, -0.1) is 0 Å². The highest BCUT2D eigenvalue weighted by Gasteiger charge is 1.87. The Kier molecular flexibility index (Phi) is 1.17. The molecule has 0 nitrogen and oxygen atoms in total. The third kappa shape index (κ3) is 0.788. The summed E-state index contributed by atoms with van der Waals surface area (Å²) >= 11 is 0. The molecule has 0 radical (unpaired) electrons. The second-order valence-corrected chi connectivity index (χ2v) is 1.61. The molecule has 0 aliphatic rings. The van der Waals surface area contributed by atoms with E-state index in [-0.39, 0.29) is 5.82 Å². The van der Waals surface area contributed by atoms with E-state index in [9.17, 15) is 4.39 Å². The van der Waals surface area contributed by atoms with Gasteiger partial charge in [0.2, 0.25) is 0 Å². The molecule has 0 aliphatic heterocycles. The number of halogens is 1. The van der Waals surface area contributed by atoms with Gasteiger partial charge in [-0.1, -0.05) is 12.1 Å². The van der Waals surface area contributed by atoms with Crippen molar-refractivity contribution in [3.05, 3.63) is 35.6 Å². The minimum absolute atomic E-state index is 0.219. The van der Waals surface area contributed by atoms with Gasteiger partial charge in [-0.05, 0) is 18.6 Å². The molecule has 40 valence electrons. The molecule has 0 fully saturated rings. The van der Waals surface area contributed by atoms with Crippen molar-refractivity contribution >= 4 is 0 Å². The van der Waals surface area contributed by atoms with Crippen LogP contribution in [0, 0.1) is 24.9 Å². The molecule has 1 heteroatoms. The molecule has 0 aliphatic carbocycles. The Morgan fingerprint density at radius 1 is 1.38 bits per heavy atom. The van der Waals surface area contributed by atoms with E-state index >= 15 is 0 Å². The summed E-state index contributed by atoms with van der Waals surface area (Å²) in [5.41, 5.74) is 0.615. The van der Waals surface area contributed by atoms with E-state index in [0.29, 0.717) is 5.56 Å². The van der Waals surface area contributed by atoms with Crippen LogP contribution in [0.4, 0.5) is 4.39 Å². The topological polar surface area (TPSA) is 0 Å². The van der Waals surface area contributed by atoms with Gasteiger partial charge < -0.3 is 0 Å². The smallest absolute Gasteiger partial charge is 0.135 e. The fourth-order valence-electron chi connectivity index (χ4n) is 0.438. The van der Waals surface area contributed by atoms with E-state index < -0.39 is 0 Å². The minimum Gasteiger partial charge on any atom is -0.206 e. The average molecular weight is 108 g/mol. The summed E-state index contributed by atoms with van der Waals surface area (Å²) < 4.78 is 12.3. The Hall–Kier alpha value is -1.03. The summed E-state index contributed by atoms with van der Waals surface area (Å²) in [5, 5.41) is 0. The molecule has 0 bridgehead atoms. The maximum absolute atomic E-state index is 12.3. The quantitative estimate of drug-likeness (QED) is 0.474. The highest BCUT2D eigenvalue weighted by atomic mass is 19.1. The monoisotopic (exact) mass is 108 g/mol. The van der Waals surface area contributed by atoms with Crippen LogP contribution in [0.25, 0.3) is 0 Å². The van der Waals surface area contributed by atoms with Gasteiger partial charge in [0, 0.05) is 6.07 Å². The van der Waals surface area contributed by atoms with Gasteiger partial charge in [-0.25, -0.2) is 4.39 Å². The van der Waals surface area contributed by atoms with E-state index in [0.717, 1.165) is 0 Å².